The largest absolute Gasteiger partial charge is 0.389 e. The maximum absolute atomic E-state index is 12.5. The van der Waals surface area contributed by atoms with E-state index in [-0.39, 0.29) is 18.0 Å². The number of hydrogen-bond acceptors (Lipinski definition) is 5. The molecule has 112 valence electrons. The van der Waals surface area contributed by atoms with Gasteiger partial charge < -0.3 is 10.2 Å². The Labute approximate surface area is 126 Å². The molecule has 2 atom stereocenters. The Morgan fingerprint density at radius 3 is 2.48 bits per heavy atom. The summed E-state index contributed by atoms with van der Waals surface area (Å²) >= 11 is 5.79. The molecule has 6 nitrogen and oxygen atoms in total. The van der Waals surface area contributed by atoms with Gasteiger partial charge in [-0.2, -0.15) is 4.31 Å². The molecule has 1 fully saturated rings. The third-order valence-corrected chi connectivity index (χ3v) is 5.53. The second-order valence-electron chi connectivity index (χ2n) is 4.95. The number of aliphatic hydroxyl groups excluding tert-OH is 2. The Bertz CT molecular complexity index is 786. The van der Waals surface area contributed by atoms with Crippen molar-refractivity contribution in [1.82, 2.24) is 9.29 Å². The van der Waals surface area contributed by atoms with Crippen LogP contribution >= 0.6 is 11.6 Å². The number of β-amino-alcohol motifs (C(OH)–C–C–N with tert-alkyl or cyclic N) is 2. The van der Waals surface area contributed by atoms with Crippen LogP contribution in [0.15, 0.2) is 35.2 Å². The van der Waals surface area contributed by atoms with Gasteiger partial charge in [0.2, 0.25) is 10.0 Å². The first-order valence-electron chi connectivity index (χ1n) is 6.30. The summed E-state index contributed by atoms with van der Waals surface area (Å²) in [4.78, 5) is 4.20. The number of hydrogen-bond donors (Lipinski definition) is 2. The van der Waals surface area contributed by atoms with Gasteiger partial charge in [-0.05, 0) is 30.3 Å². The summed E-state index contributed by atoms with van der Waals surface area (Å²) in [5.74, 6) is 0. The number of nitrogens with zero attached hydrogens (tertiary/aromatic N) is 2. The Balaban J connectivity index is 2.01. The molecule has 2 unspecified atom stereocenters. The van der Waals surface area contributed by atoms with Crippen molar-refractivity contribution in [3.05, 3.63) is 35.5 Å². The summed E-state index contributed by atoms with van der Waals surface area (Å²) in [7, 11) is -3.75. The van der Waals surface area contributed by atoms with Gasteiger partial charge in [-0.25, -0.2) is 13.4 Å². The highest BCUT2D eigenvalue weighted by molar-refractivity contribution is 7.89. The molecular formula is C13H13ClN2O4S. The van der Waals surface area contributed by atoms with Crippen molar-refractivity contribution in [3.8, 4) is 0 Å². The van der Waals surface area contributed by atoms with E-state index in [1.165, 1.54) is 12.1 Å². The maximum Gasteiger partial charge on any atom is 0.243 e. The molecule has 2 N–H and O–H groups in total. The minimum Gasteiger partial charge on any atom is -0.389 e. The van der Waals surface area contributed by atoms with Crippen LogP contribution in [0.4, 0.5) is 0 Å². The van der Waals surface area contributed by atoms with Gasteiger partial charge in [-0.1, -0.05) is 11.6 Å². The molecule has 0 spiro atoms. The van der Waals surface area contributed by atoms with E-state index in [1.54, 1.807) is 18.2 Å². The zero-order valence-corrected chi connectivity index (χ0v) is 12.4. The van der Waals surface area contributed by atoms with Gasteiger partial charge in [0, 0.05) is 18.5 Å². The molecule has 1 aliphatic heterocycles. The van der Waals surface area contributed by atoms with Crippen molar-refractivity contribution < 1.29 is 18.6 Å². The highest BCUT2D eigenvalue weighted by Gasteiger charge is 2.37. The van der Waals surface area contributed by atoms with Crippen molar-refractivity contribution in [1.29, 1.82) is 0 Å². The molecule has 1 aromatic carbocycles. The highest BCUT2D eigenvalue weighted by atomic mass is 35.5. The van der Waals surface area contributed by atoms with Crippen LogP contribution in [0.25, 0.3) is 10.9 Å². The number of fused-ring (bicyclic) bond motifs is 1. The number of sulfonamides is 1. The summed E-state index contributed by atoms with van der Waals surface area (Å²) in [6, 6.07) is 7.81. The van der Waals surface area contributed by atoms with Crippen LogP contribution in [0, 0.1) is 0 Å². The lowest BCUT2D eigenvalue weighted by Gasteiger charge is -2.15. The Morgan fingerprint density at radius 1 is 1.14 bits per heavy atom. The number of rotatable bonds is 2. The molecule has 21 heavy (non-hydrogen) atoms. The van der Waals surface area contributed by atoms with Gasteiger partial charge in [-0.3, -0.25) is 0 Å². The maximum atomic E-state index is 12.5. The molecule has 2 aromatic rings. The second kappa shape index (κ2) is 5.19. The fourth-order valence-corrected chi connectivity index (χ4v) is 3.99. The van der Waals surface area contributed by atoms with Gasteiger partial charge in [0.05, 0.1) is 22.6 Å². The van der Waals surface area contributed by atoms with Gasteiger partial charge in [0.15, 0.2) is 0 Å². The average Bonchev–Trinajstić information content (AvgIpc) is 2.78. The summed E-state index contributed by atoms with van der Waals surface area (Å²) in [5, 5.41) is 20.0. The lowest BCUT2D eigenvalue weighted by Crippen LogP contribution is -2.29. The molecule has 8 heteroatoms. The van der Waals surface area contributed by atoms with E-state index in [4.69, 9.17) is 11.6 Å². The Morgan fingerprint density at radius 2 is 1.81 bits per heavy atom. The van der Waals surface area contributed by atoms with Gasteiger partial charge in [0.1, 0.15) is 5.15 Å². The zero-order chi connectivity index (χ0) is 15.2. The number of aromatic nitrogens is 1. The van der Waals surface area contributed by atoms with Crippen molar-refractivity contribution in [2.24, 2.45) is 0 Å². The van der Waals surface area contributed by atoms with Crippen LogP contribution < -0.4 is 0 Å². The van der Waals surface area contributed by atoms with Crippen molar-refractivity contribution >= 4 is 32.5 Å². The van der Waals surface area contributed by atoms with Crippen LogP contribution in [0.3, 0.4) is 0 Å². The lowest BCUT2D eigenvalue weighted by molar-refractivity contribution is 0.0572. The highest BCUT2D eigenvalue weighted by Crippen LogP contribution is 2.25. The van der Waals surface area contributed by atoms with Crippen LogP contribution in [0.1, 0.15) is 0 Å². The minimum atomic E-state index is -3.75. The van der Waals surface area contributed by atoms with Gasteiger partial charge >= 0.3 is 0 Å². The van der Waals surface area contributed by atoms with E-state index < -0.39 is 22.2 Å². The molecule has 0 bridgehead atoms. The minimum absolute atomic E-state index is 0.0976. The first kappa shape index (κ1) is 14.7. The monoisotopic (exact) mass is 328 g/mol. The normalized spacial score (nSPS) is 23.8. The Kier molecular flexibility index (Phi) is 3.62. The van der Waals surface area contributed by atoms with E-state index in [2.05, 4.69) is 4.98 Å². The quantitative estimate of drug-likeness (QED) is 0.788. The molecular weight excluding hydrogens is 316 g/mol. The molecule has 1 aliphatic rings. The van der Waals surface area contributed by atoms with E-state index in [0.717, 1.165) is 4.31 Å². The predicted octanol–water partition coefficient (Wildman–Crippen LogP) is 0.614. The number of halogens is 1. The third-order valence-electron chi connectivity index (χ3n) is 3.49. The van der Waals surface area contributed by atoms with E-state index in [1.807, 2.05) is 0 Å². The van der Waals surface area contributed by atoms with Crippen molar-refractivity contribution in [3.63, 3.8) is 0 Å². The number of aliphatic hydroxyl groups is 2. The molecule has 1 aromatic heterocycles. The molecule has 0 radical (unpaired) electrons. The van der Waals surface area contributed by atoms with Crippen LogP contribution in [0.5, 0.6) is 0 Å². The zero-order valence-electron chi connectivity index (χ0n) is 10.8. The molecule has 0 saturated carbocycles. The van der Waals surface area contributed by atoms with Crippen molar-refractivity contribution in [2.45, 2.75) is 17.1 Å². The second-order valence-corrected chi connectivity index (χ2v) is 7.27. The number of benzene rings is 1. The van der Waals surface area contributed by atoms with E-state index in [9.17, 15) is 18.6 Å². The molecule has 3 rings (SSSR count). The third kappa shape index (κ3) is 2.63. The molecule has 0 amide bonds. The summed E-state index contributed by atoms with van der Waals surface area (Å²) in [5.41, 5.74) is 0.600. The standard InChI is InChI=1S/C13H13ClN2O4S/c14-13-4-1-8-5-9(2-3-10(8)15-13)21(19,20)16-6-11(17)12(18)7-16/h1-5,11-12,17-18H,6-7H2. The molecule has 2 heterocycles. The van der Waals surface area contributed by atoms with E-state index >= 15 is 0 Å². The molecule has 0 aliphatic carbocycles. The van der Waals surface area contributed by atoms with Gasteiger partial charge in [0.25, 0.3) is 0 Å². The molecule has 1 saturated heterocycles. The van der Waals surface area contributed by atoms with E-state index in [0.29, 0.717) is 16.1 Å². The number of pyridine rings is 1. The van der Waals surface area contributed by atoms with Crippen LogP contribution in [-0.4, -0.2) is 53.2 Å². The topological polar surface area (TPSA) is 90.7 Å². The van der Waals surface area contributed by atoms with Gasteiger partial charge in [-0.15, -0.1) is 0 Å². The SMILES string of the molecule is O=S(=O)(c1ccc2nc(Cl)ccc2c1)N1CC(O)C(O)C1. The smallest absolute Gasteiger partial charge is 0.243 e. The Hall–Kier alpha value is -1.25. The lowest BCUT2D eigenvalue weighted by atomic mass is 10.2. The average molecular weight is 329 g/mol. The fourth-order valence-electron chi connectivity index (χ4n) is 2.32. The predicted molar refractivity (Wildman–Crippen MR) is 77.5 cm³/mol. The first-order chi connectivity index (χ1) is 9.88. The first-order valence-corrected chi connectivity index (χ1v) is 8.12. The van der Waals surface area contributed by atoms with Crippen LogP contribution in [0.2, 0.25) is 5.15 Å². The fraction of sp³-hybridized carbons (Fsp3) is 0.308. The van der Waals surface area contributed by atoms with Crippen LogP contribution in [-0.2, 0) is 10.0 Å². The summed E-state index contributed by atoms with van der Waals surface area (Å²) < 4.78 is 26.1. The summed E-state index contributed by atoms with van der Waals surface area (Å²) in [6.07, 6.45) is -2.11. The summed E-state index contributed by atoms with van der Waals surface area (Å²) in [6.45, 7) is -0.221. The van der Waals surface area contributed by atoms with Crippen molar-refractivity contribution in [2.75, 3.05) is 13.1 Å².